The zero-order chi connectivity index (χ0) is 33.4. The molecular formula is C30H31ClF6N4O5. The van der Waals surface area contributed by atoms with E-state index in [2.05, 4.69) is 0 Å². The lowest BCUT2D eigenvalue weighted by molar-refractivity contribution is -0.388. The summed E-state index contributed by atoms with van der Waals surface area (Å²) in [6.45, 7) is 2.02. The zero-order valence-electron chi connectivity index (χ0n) is 24.7. The molecule has 46 heavy (non-hydrogen) atoms. The molecule has 0 N–H and O–H groups in total. The van der Waals surface area contributed by atoms with Crippen LogP contribution in [0.2, 0.25) is 5.02 Å². The predicted molar refractivity (Wildman–Crippen MR) is 157 cm³/mol. The van der Waals surface area contributed by atoms with Crippen molar-refractivity contribution in [3.8, 4) is 0 Å². The van der Waals surface area contributed by atoms with Crippen molar-refractivity contribution in [2.75, 3.05) is 44.7 Å². The predicted octanol–water partition coefficient (Wildman–Crippen LogP) is 7.14. The molecular weight excluding hydrogens is 646 g/mol. The van der Waals surface area contributed by atoms with Gasteiger partial charge in [0.15, 0.2) is 0 Å². The smallest absolute Gasteiger partial charge is 0.423 e. The monoisotopic (exact) mass is 676 g/mol. The van der Waals surface area contributed by atoms with Crippen molar-refractivity contribution in [3.05, 3.63) is 68.4 Å². The molecule has 0 bridgehead atoms. The summed E-state index contributed by atoms with van der Waals surface area (Å²) in [5, 5.41) is 11.4. The molecule has 250 valence electrons. The Morgan fingerprint density at radius 3 is 2.30 bits per heavy atom. The van der Waals surface area contributed by atoms with Crippen molar-refractivity contribution in [1.82, 2.24) is 9.80 Å². The average Bonchev–Trinajstić information content (AvgIpc) is 3.32. The molecule has 5 rings (SSSR count). The van der Waals surface area contributed by atoms with Crippen LogP contribution in [0.4, 0.5) is 37.7 Å². The lowest BCUT2D eigenvalue weighted by Gasteiger charge is -2.37. The number of anilines is 1. The van der Waals surface area contributed by atoms with Crippen molar-refractivity contribution in [1.29, 1.82) is 0 Å². The maximum atomic E-state index is 13.4. The van der Waals surface area contributed by atoms with Gasteiger partial charge in [-0.1, -0.05) is 11.6 Å². The number of ether oxygens (including phenoxy) is 1. The topological polar surface area (TPSA) is 92.3 Å². The summed E-state index contributed by atoms with van der Waals surface area (Å²) < 4.78 is 91.1. The number of nitro benzene ring substituents is 1. The van der Waals surface area contributed by atoms with Crippen molar-refractivity contribution in [2.45, 2.75) is 56.7 Å². The first-order valence-corrected chi connectivity index (χ1v) is 15.0. The second-order valence-corrected chi connectivity index (χ2v) is 11.9. The Labute approximate surface area is 264 Å². The number of benzene rings is 2. The summed E-state index contributed by atoms with van der Waals surface area (Å²) in [6, 6.07) is 6.06. The van der Waals surface area contributed by atoms with Crippen molar-refractivity contribution >= 4 is 39.9 Å². The summed E-state index contributed by atoms with van der Waals surface area (Å²) in [6.07, 6.45) is -7.15. The van der Waals surface area contributed by atoms with Crippen molar-refractivity contribution < 1.29 is 45.2 Å². The minimum Gasteiger partial charge on any atom is -0.458 e. The number of carbonyl (C=O) groups is 1. The maximum absolute atomic E-state index is 13.4. The summed E-state index contributed by atoms with van der Waals surface area (Å²) in [7, 11) is 1.65. The number of piperazine rings is 1. The minimum atomic E-state index is -4.86. The normalized spacial score (nSPS) is 19.9. The van der Waals surface area contributed by atoms with Crippen LogP contribution in [0.1, 0.15) is 42.6 Å². The largest absolute Gasteiger partial charge is 0.458 e. The molecule has 2 fully saturated rings. The molecule has 1 amide bonds. The van der Waals surface area contributed by atoms with E-state index >= 15 is 0 Å². The van der Waals surface area contributed by atoms with Gasteiger partial charge in [-0.05, 0) is 56.0 Å². The van der Waals surface area contributed by atoms with E-state index in [1.807, 2.05) is 4.90 Å². The van der Waals surface area contributed by atoms with Crippen LogP contribution in [0.3, 0.4) is 0 Å². The number of hydrogen-bond donors (Lipinski definition) is 0. The molecule has 0 atom stereocenters. The number of halogens is 7. The molecule has 1 aromatic heterocycles. The van der Waals surface area contributed by atoms with Gasteiger partial charge in [0.1, 0.15) is 23.5 Å². The van der Waals surface area contributed by atoms with Crippen LogP contribution in [-0.2, 0) is 28.4 Å². The number of hydrogen-bond acceptors (Lipinski definition) is 7. The summed E-state index contributed by atoms with van der Waals surface area (Å²) in [5.74, 6) is 0.181. The van der Waals surface area contributed by atoms with Gasteiger partial charge in [-0.25, -0.2) is 0 Å². The van der Waals surface area contributed by atoms with Gasteiger partial charge in [0, 0.05) is 56.4 Å². The van der Waals surface area contributed by atoms with Gasteiger partial charge in [-0.2, -0.15) is 26.3 Å². The summed E-state index contributed by atoms with van der Waals surface area (Å²) in [5.41, 5.74) is -2.60. The average molecular weight is 677 g/mol. The SMILES string of the molecule is CN(c1ccc([N+](=O)[O-])c(C(F)(F)F)c1)C1CCC(OCC(=O)N2CCN(Cc3oc4ccc(C(F)(F)F)cc4c3Cl)CC2)CC1. The molecule has 9 nitrogen and oxygen atoms in total. The van der Waals surface area contributed by atoms with Gasteiger partial charge < -0.3 is 19.0 Å². The molecule has 0 spiro atoms. The van der Waals surface area contributed by atoms with E-state index in [9.17, 15) is 41.3 Å². The van der Waals surface area contributed by atoms with Crippen LogP contribution < -0.4 is 4.90 Å². The first kappa shape index (κ1) is 33.8. The van der Waals surface area contributed by atoms with Gasteiger partial charge in [-0.3, -0.25) is 19.8 Å². The molecule has 2 heterocycles. The third-order valence-electron chi connectivity index (χ3n) is 8.64. The number of alkyl halides is 6. The number of amides is 1. The Morgan fingerprint density at radius 2 is 1.70 bits per heavy atom. The van der Waals surface area contributed by atoms with E-state index in [1.54, 1.807) is 16.8 Å². The van der Waals surface area contributed by atoms with E-state index in [0.29, 0.717) is 57.6 Å². The second kappa shape index (κ2) is 13.3. The Kier molecular flexibility index (Phi) is 9.76. The molecule has 0 unspecified atom stereocenters. The molecule has 1 aliphatic carbocycles. The van der Waals surface area contributed by atoms with Crippen LogP contribution in [-0.4, -0.2) is 72.6 Å². The van der Waals surface area contributed by atoms with Gasteiger partial charge >= 0.3 is 12.4 Å². The molecule has 2 aromatic carbocycles. The Bertz CT molecular complexity index is 1580. The molecule has 1 saturated carbocycles. The van der Waals surface area contributed by atoms with E-state index in [1.165, 1.54) is 12.1 Å². The van der Waals surface area contributed by atoms with Crippen LogP contribution in [0, 0.1) is 10.1 Å². The summed E-state index contributed by atoms with van der Waals surface area (Å²) >= 11 is 6.35. The highest BCUT2D eigenvalue weighted by Gasteiger charge is 2.39. The Hall–Kier alpha value is -3.56. The molecule has 1 aliphatic heterocycles. The maximum Gasteiger partial charge on any atom is 0.423 e. The van der Waals surface area contributed by atoms with E-state index < -0.39 is 34.1 Å². The first-order chi connectivity index (χ1) is 21.6. The quantitative estimate of drug-likeness (QED) is 0.142. The third-order valence-corrected chi connectivity index (χ3v) is 9.05. The number of nitro groups is 1. The standard InChI is InChI=1S/C30H31ClF6N4O5/c1-38(20-5-8-24(41(43)44)23(15-20)30(35,36)37)19-3-6-21(7-4-19)45-17-27(42)40-12-10-39(11-13-40)16-26-28(31)22-14-18(29(32,33)34)2-9-25(22)46-26/h2,5,8-9,14-15,19,21H,3-4,6-7,10-13,16-17H2,1H3. The Balaban J connectivity index is 1.07. The van der Waals surface area contributed by atoms with Gasteiger partial charge in [-0.15, -0.1) is 0 Å². The van der Waals surface area contributed by atoms with Crippen molar-refractivity contribution in [3.63, 3.8) is 0 Å². The number of rotatable bonds is 8. The lowest BCUT2D eigenvalue weighted by atomic mass is 9.91. The highest BCUT2D eigenvalue weighted by atomic mass is 35.5. The first-order valence-electron chi connectivity index (χ1n) is 14.6. The number of nitrogens with zero attached hydrogens (tertiary/aromatic N) is 4. The highest BCUT2D eigenvalue weighted by molar-refractivity contribution is 6.36. The number of furan rings is 1. The van der Waals surface area contributed by atoms with Crippen molar-refractivity contribution in [2.24, 2.45) is 0 Å². The Morgan fingerprint density at radius 1 is 1.02 bits per heavy atom. The third kappa shape index (κ3) is 7.52. The van der Waals surface area contributed by atoms with E-state index in [-0.39, 0.29) is 52.9 Å². The second-order valence-electron chi connectivity index (χ2n) is 11.5. The number of fused-ring (bicyclic) bond motifs is 1. The van der Waals surface area contributed by atoms with Gasteiger partial charge in [0.25, 0.3) is 5.69 Å². The van der Waals surface area contributed by atoms with Crippen LogP contribution >= 0.6 is 11.6 Å². The van der Waals surface area contributed by atoms with Crippen LogP contribution in [0.5, 0.6) is 0 Å². The molecule has 16 heteroatoms. The minimum absolute atomic E-state index is 0.0990. The fourth-order valence-corrected chi connectivity index (χ4v) is 6.22. The summed E-state index contributed by atoms with van der Waals surface area (Å²) in [4.78, 5) is 28.2. The van der Waals surface area contributed by atoms with E-state index in [4.69, 9.17) is 20.8 Å². The fourth-order valence-electron chi connectivity index (χ4n) is 5.97. The fraction of sp³-hybridized carbons (Fsp3) is 0.500. The lowest BCUT2D eigenvalue weighted by Crippen LogP contribution is -2.49. The zero-order valence-corrected chi connectivity index (χ0v) is 25.4. The van der Waals surface area contributed by atoms with Crippen LogP contribution in [0.25, 0.3) is 11.0 Å². The van der Waals surface area contributed by atoms with Gasteiger partial charge in [0.05, 0.1) is 28.2 Å². The number of carbonyl (C=O) groups excluding carboxylic acids is 1. The van der Waals surface area contributed by atoms with Gasteiger partial charge in [0.2, 0.25) is 5.91 Å². The van der Waals surface area contributed by atoms with Crippen LogP contribution in [0.15, 0.2) is 40.8 Å². The van der Waals surface area contributed by atoms with E-state index in [0.717, 1.165) is 24.3 Å². The molecule has 1 saturated heterocycles. The molecule has 3 aromatic rings. The highest BCUT2D eigenvalue weighted by Crippen LogP contribution is 2.40. The molecule has 2 aliphatic rings. The molecule has 0 radical (unpaired) electrons.